The second-order valence-corrected chi connectivity index (χ2v) is 6.10. The first-order valence-electron chi connectivity index (χ1n) is 7.00. The number of aromatic nitrogens is 2. The van der Waals surface area contributed by atoms with Gasteiger partial charge in [-0.2, -0.15) is 0 Å². The van der Waals surface area contributed by atoms with E-state index in [1.54, 1.807) is 7.05 Å². The molecule has 1 aliphatic carbocycles. The van der Waals surface area contributed by atoms with E-state index in [2.05, 4.69) is 15.5 Å². The summed E-state index contributed by atoms with van der Waals surface area (Å²) in [7, 11) is 1.65. The number of anilines is 1. The summed E-state index contributed by atoms with van der Waals surface area (Å²) in [6, 6.07) is -0.252. The summed E-state index contributed by atoms with van der Waals surface area (Å²) in [5, 5.41) is 12.5. The van der Waals surface area contributed by atoms with Crippen molar-refractivity contribution in [2.45, 2.75) is 44.4 Å². The van der Waals surface area contributed by atoms with Crippen molar-refractivity contribution < 1.29 is 9.59 Å². The Hall–Kier alpha value is -1.50. The lowest BCUT2D eigenvalue weighted by molar-refractivity contribution is -0.107. The fourth-order valence-corrected chi connectivity index (χ4v) is 3.24. The van der Waals surface area contributed by atoms with E-state index in [1.807, 2.05) is 0 Å². The molecule has 1 N–H and O–H groups in total. The van der Waals surface area contributed by atoms with Crippen molar-refractivity contribution >= 4 is 28.8 Å². The largest absolute Gasteiger partial charge is 0.327 e. The second kappa shape index (κ2) is 7.33. The first kappa shape index (κ1) is 14.9. The molecule has 1 aromatic heterocycles. The van der Waals surface area contributed by atoms with Crippen molar-refractivity contribution in [3.05, 3.63) is 5.01 Å². The Labute approximate surface area is 122 Å². The lowest BCUT2D eigenvalue weighted by atomic mass is 9.90. The molecule has 0 aliphatic heterocycles. The minimum Gasteiger partial charge on any atom is -0.327 e. The topological polar surface area (TPSA) is 75.2 Å². The van der Waals surface area contributed by atoms with Crippen LogP contribution < -0.4 is 5.32 Å². The van der Waals surface area contributed by atoms with Gasteiger partial charge in [-0.3, -0.25) is 5.32 Å². The maximum Gasteiger partial charge on any atom is 0.323 e. The molecular weight excluding hydrogens is 276 g/mol. The van der Waals surface area contributed by atoms with Crippen LogP contribution in [0.3, 0.4) is 0 Å². The Kier molecular flexibility index (Phi) is 5.46. The highest BCUT2D eigenvalue weighted by atomic mass is 32.1. The zero-order chi connectivity index (χ0) is 14.4. The lowest BCUT2D eigenvalue weighted by Crippen LogP contribution is -2.32. The number of carbonyl (C=O) groups excluding carboxylic acids is 2. The number of rotatable bonds is 5. The van der Waals surface area contributed by atoms with Crippen molar-refractivity contribution in [1.82, 2.24) is 15.1 Å². The molecule has 1 heterocycles. The van der Waals surface area contributed by atoms with E-state index >= 15 is 0 Å². The van der Waals surface area contributed by atoms with Crippen LogP contribution in [0.25, 0.3) is 0 Å². The van der Waals surface area contributed by atoms with Crippen molar-refractivity contribution in [3.63, 3.8) is 0 Å². The molecule has 1 aliphatic rings. The Balaban J connectivity index is 1.88. The fourth-order valence-electron chi connectivity index (χ4n) is 2.33. The smallest absolute Gasteiger partial charge is 0.323 e. The highest BCUT2D eigenvalue weighted by molar-refractivity contribution is 7.15. The summed E-state index contributed by atoms with van der Waals surface area (Å²) >= 11 is 1.46. The molecule has 0 radical (unpaired) electrons. The van der Waals surface area contributed by atoms with Gasteiger partial charge in [-0.15, -0.1) is 10.2 Å². The third-order valence-corrected chi connectivity index (χ3v) is 4.54. The molecule has 1 fully saturated rings. The Morgan fingerprint density at radius 1 is 1.40 bits per heavy atom. The number of hydrogen-bond donors (Lipinski definition) is 1. The molecule has 0 spiro atoms. The van der Waals surface area contributed by atoms with Crippen LogP contribution in [-0.2, 0) is 4.79 Å². The summed E-state index contributed by atoms with van der Waals surface area (Å²) in [6.07, 6.45) is 7.29. The number of amides is 2. The van der Waals surface area contributed by atoms with E-state index in [1.165, 1.54) is 48.3 Å². The maximum absolute atomic E-state index is 11.8. The number of hydrogen-bond acceptors (Lipinski definition) is 5. The van der Waals surface area contributed by atoms with Crippen LogP contribution in [0.15, 0.2) is 0 Å². The van der Waals surface area contributed by atoms with E-state index in [4.69, 9.17) is 0 Å². The average molecular weight is 296 g/mol. The Morgan fingerprint density at radius 2 is 2.15 bits per heavy atom. The van der Waals surface area contributed by atoms with Crippen LogP contribution >= 0.6 is 11.3 Å². The van der Waals surface area contributed by atoms with Gasteiger partial charge in [0, 0.05) is 25.9 Å². The summed E-state index contributed by atoms with van der Waals surface area (Å²) in [6.45, 7) is 0.406. The normalized spacial score (nSPS) is 15.8. The van der Waals surface area contributed by atoms with Crippen LogP contribution in [0.2, 0.25) is 0 Å². The minimum absolute atomic E-state index is 0.252. The van der Waals surface area contributed by atoms with E-state index in [0.29, 0.717) is 24.0 Å². The number of nitrogens with one attached hydrogen (secondary N) is 1. The van der Waals surface area contributed by atoms with Gasteiger partial charge in [0.2, 0.25) is 5.13 Å². The molecule has 0 aromatic carbocycles. The maximum atomic E-state index is 11.8. The summed E-state index contributed by atoms with van der Waals surface area (Å²) in [4.78, 5) is 23.6. The molecule has 7 heteroatoms. The van der Waals surface area contributed by atoms with Gasteiger partial charge in [0.25, 0.3) is 0 Å². The predicted molar refractivity (Wildman–Crippen MR) is 78.1 cm³/mol. The first-order chi connectivity index (χ1) is 9.70. The molecule has 110 valence electrons. The van der Waals surface area contributed by atoms with Gasteiger partial charge in [-0.1, -0.05) is 30.6 Å². The lowest BCUT2D eigenvalue weighted by Gasteiger charge is -2.18. The van der Waals surface area contributed by atoms with E-state index in [-0.39, 0.29) is 6.03 Å². The number of aldehydes is 1. The molecule has 6 nitrogen and oxygen atoms in total. The second-order valence-electron chi connectivity index (χ2n) is 5.09. The molecule has 1 saturated carbocycles. The Morgan fingerprint density at radius 3 is 2.85 bits per heavy atom. The molecule has 0 atom stereocenters. The van der Waals surface area contributed by atoms with Crippen LogP contribution in [0.1, 0.15) is 49.5 Å². The molecule has 20 heavy (non-hydrogen) atoms. The van der Waals surface area contributed by atoms with Crippen LogP contribution in [-0.4, -0.2) is 41.0 Å². The highest BCUT2D eigenvalue weighted by Crippen LogP contribution is 2.35. The minimum atomic E-state index is -0.252. The molecule has 0 bridgehead atoms. The standard InChI is InChI=1S/C13H20N4O2S/c1-17(8-5-9-18)13(19)14-12-16-15-11(20-12)10-6-3-2-4-7-10/h9-10H,2-8H2,1H3,(H,14,16,19). The van der Waals surface area contributed by atoms with Gasteiger partial charge in [0.1, 0.15) is 11.3 Å². The zero-order valence-electron chi connectivity index (χ0n) is 11.7. The molecule has 2 rings (SSSR count). The van der Waals surface area contributed by atoms with Crippen LogP contribution in [0.5, 0.6) is 0 Å². The average Bonchev–Trinajstić information content (AvgIpc) is 2.94. The third-order valence-electron chi connectivity index (χ3n) is 3.54. The molecule has 0 unspecified atom stereocenters. The summed E-state index contributed by atoms with van der Waals surface area (Å²) in [5.74, 6) is 0.500. The van der Waals surface area contributed by atoms with E-state index in [0.717, 1.165) is 11.3 Å². The first-order valence-corrected chi connectivity index (χ1v) is 7.81. The van der Waals surface area contributed by atoms with Gasteiger partial charge >= 0.3 is 6.03 Å². The van der Waals surface area contributed by atoms with Crippen molar-refractivity contribution in [2.24, 2.45) is 0 Å². The predicted octanol–water partition coefficient (Wildman–Crippen LogP) is 2.64. The quantitative estimate of drug-likeness (QED) is 0.848. The summed E-state index contributed by atoms with van der Waals surface area (Å²) < 4.78 is 0. The van der Waals surface area contributed by atoms with Gasteiger partial charge < -0.3 is 9.69 Å². The number of urea groups is 1. The third kappa shape index (κ3) is 4.00. The fraction of sp³-hybridized carbons (Fsp3) is 0.692. The van der Waals surface area contributed by atoms with Crippen molar-refractivity contribution in [3.8, 4) is 0 Å². The molecular formula is C13H20N4O2S. The van der Waals surface area contributed by atoms with Gasteiger partial charge in [-0.25, -0.2) is 4.79 Å². The van der Waals surface area contributed by atoms with Crippen molar-refractivity contribution in [1.29, 1.82) is 0 Å². The molecule has 0 saturated heterocycles. The SMILES string of the molecule is CN(CCC=O)C(=O)Nc1nnc(C2CCCCC2)s1. The van der Waals surface area contributed by atoms with Crippen molar-refractivity contribution in [2.75, 3.05) is 18.9 Å². The number of carbonyl (C=O) groups is 2. The van der Waals surface area contributed by atoms with Crippen LogP contribution in [0, 0.1) is 0 Å². The molecule has 2 amide bonds. The number of nitrogens with zero attached hydrogens (tertiary/aromatic N) is 3. The molecule has 1 aromatic rings. The van der Waals surface area contributed by atoms with Gasteiger partial charge in [0.05, 0.1) is 0 Å². The van der Waals surface area contributed by atoms with Crippen LogP contribution in [0.4, 0.5) is 9.93 Å². The highest BCUT2D eigenvalue weighted by Gasteiger charge is 2.20. The monoisotopic (exact) mass is 296 g/mol. The van der Waals surface area contributed by atoms with Gasteiger partial charge in [-0.05, 0) is 12.8 Å². The Bertz CT molecular complexity index is 457. The van der Waals surface area contributed by atoms with E-state index < -0.39 is 0 Å². The summed E-state index contributed by atoms with van der Waals surface area (Å²) in [5.41, 5.74) is 0. The van der Waals surface area contributed by atoms with E-state index in [9.17, 15) is 9.59 Å². The zero-order valence-corrected chi connectivity index (χ0v) is 12.5. The van der Waals surface area contributed by atoms with Gasteiger partial charge in [0.15, 0.2) is 0 Å².